The highest BCUT2D eigenvalue weighted by atomic mass is 14.2. The molecule has 0 N–H and O–H groups in total. The summed E-state index contributed by atoms with van der Waals surface area (Å²) in [6.07, 6.45) is 5.18. The summed E-state index contributed by atoms with van der Waals surface area (Å²) in [4.78, 5) is 0. The predicted molar refractivity (Wildman–Crippen MR) is 66.4 cm³/mol. The van der Waals surface area contributed by atoms with Crippen molar-refractivity contribution in [2.24, 2.45) is 17.8 Å². The Morgan fingerprint density at radius 3 is 2.00 bits per heavy atom. The van der Waals surface area contributed by atoms with Crippen LogP contribution < -0.4 is 0 Å². The fraction of sp³-hybridized carbons (Fsp3) is 0.857. The van der Waals surface area contributed by atoms with Gasteiger partial charge >= 0.3 is 0 Å². The highest BCUT2D eigenvalue weighted by Crippen LogP contribution is 2.31. The molecule has 0 aromatic heterocycles. The van der Waals surface area contributed by atoms with E-state index < -0.39 is 0 Å². The molecule has 0 radical (unpaired) electrons. The SMILES string of the molecule is C=C(C(C)CC)C(C)[C@@H](CC)CCC. The van der Waals surface area contributed by atoms with Gasteiger partial charge in [-0.05, 0) is 24.2 Å². The summed E-state index contributed by atoms with van der Waals surface area (Å²) in [5.74, 6) is 2.24. The van der Waals surface area contributed by atoms with Crippen molar-refractivity contribution in [3.8, 4) is 0 Å². The second kappa shape index (κ2) is 7.09. The molecule has 0 heterocycles. The normalized spacial score (nSPS) is 17.5. The van der Waals surface area contributed by atoms with Crippen LogP contribution in [0, 0.1) is 17.8 Å². The Balaban J connectivity index is 4.25. The molecule has 0 aromatic rings. The largest absolute Gasteiger partial charge is 0.0993 e. The molecule has 84 valence electrons. The average Bonchev–Trinajstić information content (AvgIpc) is 2.22. The van der Waals surface area contributed by atoms with Crippen LogP contribution in [0.3, 0.4) is 0 Å². The zero-order valence-corrected chi connectivity index (χ0v) is 10.8. The maximum atomic E-state index is 4.28. The molecule has 0 aromatic carbocycles. The van der Waals surface area contributed by atoms with Gasteiger partial charge in [-0.15, -0.1) is 0 Å². The lowest BCUT2D eigenvalue weighted by molar-refractivity contribution is 0.340. The molecule has 0 spiro atoms. The summed E-state index contributed by atoms with van der Waals surface area (Å²) in [6, 6.07) is 0. The lowest BCUT2D eigenvalue weighted by atomic mass is 9.78. The van der Waals surface area contributed by atoms with E-state index in [0.717, 1.165) is 5.92 Å². The van der Waals surface area contributed by atoms with E-state index in [1.54, 1.807) is 0 Å². The van der Waals surface area contributed by atoms with E-state index in [0.29, 0.717) is 11.8 Å². The summed E-state index contributed by atoms with van der Waals surface area (Å²) < 4.78 is 0. The van der Waals surface area contributed by atoms with Gasteiger partial charge in [0.2, 0.25) is 0 Å². The van der Waals surface area contributed by atoms with Gasteiger partial charge in [-0.1, -0.05) is 66.0 Å². The molecule has 0 aliphatic rings. The number of rotatable bonds is 7. The minimum atomic E-state index is 0.691. The van der Waals surface area contributed by atoms with Gasteiger partial charge in [0, 0.05) is 0 Å². The Kier molecular flexibility index (Phi) is 6.96. The second-order valence-corrected chi connectivity index (χ2v) is 4.63. The van der Waals surface area contributed by atoms with Crippen molar-refractivity contribution in [1.29, 1.82) is 0 Å². The third-order valence-electron chi connectivity index (χ3n) is 3.72. The van der Waals surface area contributed by atoms with Gasteiger partial charge in [0.05, 0.1) is 0 Å². The van der Waals surface area contributed by atoms with Crippen molar-refractivity contribution >= 4 is 0 Å². The van der Waals surface area contributed by atoms with Crippen molar-refractivity contribution in [1.82, 2.24) is 0 Å². The highest BCUT2D eigenvalue weighted by Gasteiger charge is 2.19. The quantitative estimate of drug-likeness (QED) is 0.500. The van der Waals surface area contributed by atoms with Gasteiger partial charge in [0.1, 0.15) is 0 Å². The van der Waals surface area contributed by atoms with Crippen LogP contribution in [0.4, 0.5) is 0 Å². The minimum Gasteiger partial charge on any atom is -0.0993 e. The zero-order chi connectivity index (χ0) is 11.1. The molecule has 0 amide bonds. The van der Waals surface area contributed by atoms with Gasteiger partial charge in [0.15, 0.2) is 0 Å². The maximum Gasteiger partial charge on any atom is -0.0203 e. The first kappa shape index (κ1) is 13.7. The monoisotopic (exact) mass is 196 g/mol. The van der Waals surface area contributed by atoms with E-state index in [2.05, 4.69) is 41.2 Å². The summed E-state index contributed by atoms with van der Waals surface area (Å²) in [5, 5.41) is 0. The van der Waals surface area contributed by atoms with E-state index in [1.807, 2.05) is 0 Å². The first-order valence-corrected chi connectivity index (χ1v) is 6.27. The topological polar surface area (TPSA) is 0 Å². The summed E-state index contributed by atoms with van der Waals surface area (Å²) in [6.45, 7) is 15.8. The molecule has 0 aliphatic heterocycles. The first-order valence-electron chi connectivity index (χ1n) is 6.27. The molecule has 2 unspecified atom stereocenters. The molecule has 3 atom stereocenters. The lowest BCUT2D eigenvalue weighted by Crippen LogP contribution is -2.16. The van der Waals surface area contributed by atoms with Crippen molar-refractivity contribution in [3.63, 3.8) is 0 Å². The van der Waals surface area contributed by atoms with Crippen molar-refractivity contribution in [3.05, 3.63) is 12.2 Å². The molecule has 14 heavy (non-hydrogen) atoms. The summed E-state index contributed by atoms with van der Waals surface area (Å²) in [5.41, 5.74) is 1.47. The van der Waals surface area contributed by atoms with Crippen LogP contribution in [0.15, 0.2) is 12.2 Å². The Morgan fingerprint density at radius 2 is 1.64 bits per heavy atom. The van der Waals surface area contributed by atoms with E-state index >= 15 is 0 Å². The summed E-state index contributed by atoms with van der Waals surface area (Å²) >= 11 is 0. The first-order chi connectivity index (χ1) is 6.58. The molecular weight excluding hydrogens is 168 g/mol. The van der Waals surface area contributed by atoms with Gasteiger partial charge in [-0.3, -0.25) is 0 Å². The molecule has 0 fully saturated rings. The lowest BCUT2D eigenvalue weighted by Gasteiger charge is -2.27. The van der Waals surface area contributed by atoms with Crippen molar-refractivity contribution < 1.29 is 0 Å². The number of hydrogen-bond acceptors (Lipinski definition) is 0. The highest BCUT2D eigenvalue weighted by molar-refractivity contribution is 5.04. The average molecular weight is 196 g/mol. The van der Waals surface area contributed by atoms with Crippen molar-refractivity contribution in [2.75, 3.05) is 0 Å². The number of allylic oxidation sites excluding steroid dienone is 1. The van der Waals surface area contributed by atoms with Gasteiger partial charge in [-0.2, -0.15) is 0 Å². The second-order valence-electron chi connectivity index (χ2n) is 4.63. The maximum absolute atomic E-state index is 4.28. The predicted octanol–water partition coefficient (Wildman–Crippen LogP) is 5.05. The Hall–Kier alpha value is -0.260. The summed E-state index contributed by atoms with van der Waals surface area (Å²) in [7, 11) is 0. The fourth-order valence-electron chi connectivity index (χ4n) is 2.19. The van der Waals surface area contributed by atoms with Crippen LogP contribution >= 0.6 is 0 Å². The molecule has 0 bridgehead atoms. The molecule has 0 nitrogen and oxygen atoms in total. The van der Waals surface area contributed by atoms with Crippen LogP contribution in [0.1, 0.15) is 60.3 Å². The Bertz CT molecular complexity index is 157. The molecular formula is C14H28. The van der Waals surface area contributed by atoms with E-state index in [1.165, 1.54) is 31.3 Å². The van der Waals surface area contributed by atoms with Crippen LogP contribution in [0.5, 0.6) is 0 Å². The van der Waals surface area contributed by atoms with Gasteiger partial charge in [0.25, 0.3) is 0 Å². The van der Waals surface area contributed by atoms with Crippen LogP contribution in [0.25, 0.3) is 0 Å². The third kappa shape index (κ3) is 3.86. The van der Waals surface area contributed by atoms with Crippen LogP contribution in [-0.2, 0) is 0 Å². The van der Waals surface area contributed by atoms with Crippen molar-refractivity contribution in [2.45, 2.75) is 60.3 Å². The van der Waals surface area contributed by atoms with E-state index in [-0.39, 0.29) is 0 Å². The zero-order valence-electron chi connectivity index (χ0n) is 10.8. The number of hydrogen-bond donors (Lipinski definition) is 0. The fourth-order valence-corrected chi connectivity index (χ4v) is 2.19. The standard InChI is InChI=1S/C14H28/c1-7-10-14(9-3)13(6)12(5)11(4)8-2/h11,13-14H,5,7-10H2,1-4,6H3/t11?,13?,14-/m0/s1. The Labute approximate surface area is 90.8 Å². The van der Waals surface area contributed by atoms with Gasteiger partial charge in [-0.25, -0.2) is 0 Å². The smallest absolute Gasteiger partial charge is 0.0203 e. The van der Waals surface area contributed by atoms with E-state index in [9.17, 15) is 0 Å². The molecule has 0 aliphatic carbocycles. The minimum absolute atomic E-state index is 0.691. The van der Waals surface area contributed by atoms with Gasteiger partial charge < -0.3 is 0 Å². The molecule has 0 saturated carbocycles. The molecule has 0 saturated heterocycles. The van der Waals surface area contributed by atoms with E-state index in [4.69, 9.17) is 0 Å². The van der Waals surface area contributed by atoms with Crippen LogP contribution in [0.2, 0.25) is 0 Å². The third-order valence-corrected chi connectivity index (χ3v) is 3.72. The molecule has 0 rings (SSSR count). The Morgan fingerprint density at radius 1 is 1.07 bits per heavy atom. The molecule has 0 heteroatoms. The van der Waals surface area contributed by atoms with Crippen LogP contribution in [-0.4, -0.2) is 0 Å².